The number of hydrogen-bond donors (Lipinski definition) is 2. The molecule has 1 aliphatic heterocycles. The zero-order valence-corrected chi connectivity index (χ0v) is 10.3. The van der Waals surface area contributed by atoms with E-state index in [-0.39, 0.29) is 17.8 Å². The Morgan fingerprint density at radius 2 is 1.75 bits per heavy atom. The topological polar surface area (TPSA) is 32.3 Å². The molecule has 1 fully saturated rings. The second-order valence-electron chi connectivity index (χ2n) is 4.57. The van der Waals surface area contributed by atoms with Crippen LogP contribution in [0.25, 0.3) is 0 Å². The Morgan fingerprint density at radius 1 is 1.12 bits per heavy atom. The molecule has 2 N–H and O–H groups in total. The zero-order chi connectivity index (χ0) is 10.6. The van der Waals surface area contributed by atoms with Gasteiger partial charge < -0.3 is 10.4 Å². The van der Waals surface area contributed by atoms with E-state index in [0.29, 0.717) is 6.61 Å². The van der Waals surface area contributed by atoms with E-state index in [4.69, 9.17) is 0 Å². The van der Waals surface area contributed by atoms with E-state index in [0.717, 1.165) is 32.4 Å². The Kier molecular flexibility index (Phi) is 5.26. The number of aliphatic hydroxyl groups excluding tert-OH is 1. The average Bonchev–Trinajstić information content (AvgIpc) is 2.32. The van der Waals surface area contributed by atoms with Gasteiger partial charge in [0.15, 0.2) is 0 Å². The summed E-state index contributed by atoms with van der Waals surface area (Å²) in [5.74, 6) is 0. The van der Waals surface area contributed by atoms with E-state index in [1.165, 1.54) is 5.56 Å². The lowest BCUT2D eigenvalue weighted by molar-refractivity contribution is 0.0893. The van der Waals surface area contributed by atoms with E-state index < -0.39 is 0 Å². The van der Waals surface area contributed by atoms with Gasteiger partial charge in [-0.2, -0.15) is 0 Å². The standard InChI is InChI=1S/C13H19NO.ClH/c15-11-13(6-8-14-9-7-13)10-12-4-2-1-3-5-12;/h1-5,14-15H,6-11H2;1H. The largest absolute Gasteiger partial charge is 0.396 e. The molecule has 0 amide bonds. The van der Waals surface area contributed by atoms with E-state index in [2.05, 4.69) is 29.6 Å². The minimum Gasteiger partial charge on any atom is -0.396 e. The summed E-state index contributed by atoms with van der Waals surface area (Å²) in [4.78, 5) is 0. The van der Waals surface area contributed by atoms with Gasteiger partial charge in [0.2, 0.25) is 0 Å². The lowest BCUT2D eigenvalue weighted by atomic mass is 9.75. The molecule has 0 radical (unpaired) electrons. The highest BCUT2D eigenvalue weighted by Gasteiger charge is 2.31. The minimum atomic E-state index is 0. The summed E-state index contributed by atoms with van der Waals surface area (Å²) in [6, 6.07) is 10.5. The van der Waals surface area contributed by atoms with E-state index >= 15 is 0 Å². The van der Waals surface area contributed by atoms with Gasteiger partial charge in [-0.15, -0.1) is 12.4 Å². The van der Waals surface area contributed by atoms with Crippen molar-refractivity contribution >= 4 is 12.4 Å². The quantitative estimate of drug-likeness (QED) is 0.849. The molecule has 1 aromatic rings. The summed E-state index contributed by atoms with van der Waals surface area (Å²) in [6.45, 7) is 2.38. The van der Waals surface area contributed by atoms with Crippen molar-refractivity contribution in [1.29, 1.82) is 0 Å². The van der Waals surface area contributed by atoms with Crippen molar-refractivity contribution in [3.05, 3.63) is 35.9 Å². The lowest BCUT2D eigenvalue weighted by Crippen LogP contribution is -2.40. The second kappa shape index (κ2) is 6.24. The van der Waals surface area contributed by atoms with Gasteiger partial charge in [0.05, 0.1) is 0 Å². The average molecular weight is 242 g/mol. The summed E-state index contributed by atoms with van der Waals surface area (Å²) >= 11 is 0. The predicted molar refractivity (Wildman–Crippen MR) is 69.0 cm³/mol. The van der Waals surface area contributed by atoms with Crippen molar-refractivity contribution in [3.63, 3.8) is 0 Å². The van der Waals surface area contributed by atoms with Crippen LogP contribution in [0, 0.1) is 5.41 Å². The van der Waals surface area contributed by atoms with E-state index in [1.807, 2.05) is 6.07 Å². The van der Waals surface area contributed by atoms with Crippen molar-refractivity contribution in [1.82, 2.24) is 5.32 Å². The van der Waals surface area contributed by atoms with E-state index in [1.54, 1.807) is 0 Å². The Labute approximate surface area is 103 Å². The molecule has 16 heavy (non-hydrogen) atoms. The maximum Gasteiger partial charge on any atom is 0.0491 e. The van der Waals surface area contributed by atoms with Crippen LogP contribution in [0.1, 0.15) is 18.4 Å². The Hall–Kier alpha value is -0.570. The van der Waals surface area contributed by atoms with Crippen LogP contribution < -0.4 is 5.32 Å². The van der Waals surface area contributed by atoms with Gasteiger partial charge in [-0.25, -0.2) is 0 Å². The van der Waals surface area contributed by atoms with Crippen LogP contribution in [-0.2, 0) is 6.42 Å². The molecule has 0 unspecified atom stereocenters. The Balaban J connectivity index is 0.00000128. The normalized spacial score (nSPS) is 18.8. The number of rotatable bonds is 3. The third-order valence-electron chi connectivity index (χ3n) is 3.42. The summed E-state index contributed by atoms with van der Waals surface area (Å²) < 4.78 is 0. The molecule has 0 aliphatic carbocycles. The number of hydrogen-bond acceptors (Lipinski definition) is 2. The van der Waals surface area contributed by atoms with Gasteiger partial charge in [0.1, 0.15) is 0 Å². The molecular weight excluding hydrogens is 222 g/mol. The number of aliphatic hydroxyl groups is 1. The van der Waals surface area contributed by atoms with Crippen LogP contribution >= 0.6 is 12.4 Å². The van der Waals surface area contributed by atoms with Crippen LogP contribution in [0.2, 0.25) is 0 Å². The fraction of sp³-hybridized carbons (Fsp3) is 0.538. The van der Waals surface area contributed by atoms with Crippen molar-refractivity contribution in [2.45, 2.75) is 19.3 Å². The first kappa shape index (κ1) is 13.5. The smallest absolute Gasteiger partial charge is 0.0491 e. The maximum atomic E-state index is 9.58. The third kappa shape index (κ3) is 3.21. The van der Waals surface area contributed by atoms with E-state index in [9.17, 15) is 5.11 Å². The fourth-order valence-corrected chi connectivity index (χ4v) is 2.38. The highest BCUT2D eigenvalue weighted by molar-refractivity contribution is 5.85. The van der Waals surface area contributed by atoms with Gasteiger partial charge in [-0.05, 0) is 43.3 Å². The molecular formula is C13H20ClNO. The van der Waals surface area contributed by atoms with Gasteiger partial charge in [0.25, 0.3) is 0 Å². The first-order valence-electron chi connectivity index (χ1n) is 5.70. The van der Waals surface area contributed by atoms with Gasteiger partial charge in [-0.1, -0.05) is 30.3 Å². The predicted octanol–water partition coefficient (Wildman–Crippen LogP) is 2.01. The number of halogens is 1. The minimum absolute atomic E-state index is 0. The second-order valence-corrected chi connectivity index (χ2v) is 4.57. The molecule has 3 heteroatoms. The van der Waals surface area contributed by atoms with Crippen LogP contribution in [0.5, 0.6) is 0 Å². The van der Waals surface area contributed by atoms with Crippen LogP contribution in [0.4, 0.5) is 0 Å². The molecule has 0 bridgehead atoms. The number of benzene rings is 1. The lowest BCUT2D eigenvalue weighted by Gasteiger charge is -2.36. The zero-order valence-electron chi connectivity index (χ0n) is 9.48. The van der Waals surface area contributed by atoms with Gasteiger partial charge in [0, 0.05) is 6.61 Å². The molecule has 2 nitrogen and oxygen atoms in total. The van der Waals surface area contributed by atoms with Crippen molar-refractivity contribution in [2.24, 2.45) is 5.41 Å². The van der Waals surface area contributed by atoms with Crippen molar-refractivity contribution in [3.8, 4) is 0 Å². The number of nitrogens with one attached hydrogen (secondary N) is 1. The SMILES string of the molecule is Cl.OCC1(Cc2ccccc2)CCNCC1. The van der Waals surface area contributed by atoms with Gasteiger partial charge in [-0.3, -0.25) is 0 Å². The molecule has 0 saturated carbocycles. The highest BCUT2D eigenvalue weighted by Crippen LogP contribution is 2.32. The first-order valence-corrected chi connectivity index (χ1v) is 5.70. The molecule has 1 aliphatic rings. The van der Waals surface area contributed by atoms with Crippen molar-refractivity contribution < 1.29 is 5.11 Å². The van der Waals surface area contributed by atoms with Crippen molar-refractivity contribution in [2.75, 3.05) is 19.7 Å². The molecule has 90 valence electrons. The summed E-state index contributed by atoms with van der Waals surface area (Å²) in [5.41, 5.74) is 1.46. The maximum absolute atomic E-state index is 9.58. The molecule has 1 heterocycles. The van der Waals surface area contributed by atoms with Crippen LogP contribution in [0.15, 0.2) is 30.3 Å². The molecule has 1 saturated heterocycles. The summed E-state index contributed by atoms with van der Waals surface area (Å²) in [5, 5.41) is 12.9. The molecule has 2 rings (SSSR count). The molecule has 0 aromatic heterocycles. The number of piperidine rings is 1. The summed E-state index contributed by atoms with van der Waals surface area (Å²) in [6.07, 6.45) is 3.17. The van der Waals surface area contributed by atoms with Crippen LogP contribution in [-0.4, -0.2) is 24.8 Å². The Bertz CT molecular complexity index is 296. The molecule has 0 spiro atoms. The monoisotopic (exact) mass is 241 g/mol. The first-order chi connectivity index (χ1) is 7.35. The molecule has 1 aromatic carbocycles. The van der Waals surface area contributed by atoms with Crippen LogP contribution in [0.3, 0.4) is 0 Å². The summed E-state index contributed by atoms with van der Waals surface area (Å²) in [7, 11) is 0. The molecule has 0 atom stereocenters. The third-order valence-corrected chi connectivity index (χ3v) is 3.42. The Morgan fingerprint density at radius 3 is 2.31 bits per heavy atom. The highest BCUT2D eigenvalue weighted by atomic mass is 35.5. The van der Waals surface area contributed by atoms with Gasteiger partial charge >= 0.3 is 0 Å². The fourth-order valence-electron chi connectivity index (χ4n) is 2.38.